The molecule has 6 nitrogen and oxygen atoms in total. The van der Waals surface area contributed by atoms with Gasteiger partial charge in [-0.05, 0) is 25.0 Å². The maximum Gasteiger partial charge on any atom is 0.273 e. The number of primary sulfonamides is 1. The Bertz CT molecular complexity index is 640. The van der Waals surface area contributed by atoms with Gasteiger partial charge in [0.05, 0.1) is 0 Å². The molecule has 17 heavy (non-hydrogen) atoms. The highest BCUT2D eigenvalue weighted by atomic mass is 32.2. The Morgan fingerprint density at radius 2 is 1.82 bits per heavy atom. The molecule has 90 valence electrons. The Morgan fingerprint density at radius 3 is 2.29 bits per heavy atom. The van der Waals surface area contributed by atoms with Crippen molar-refractivity contribution in [3.05, 3.63) is 29.3 Å². The molecule has 0 radical (unpaired) electrons. The van der Waals surface area contributed by atoms with Crippen LogP contribution in [0, 0.1) is 13.8 Å². The van der Waals surface area contributed by atoms with Crippen molar-refractivity contribution >= 4 is 10.0 Å². The van der Waals surface area contributed by atoms with Crippen molar-refractivity contribution in [2.24, 2.45) is 5.14 Å². The maximum absolute atomic E-state index is 11.1. The monoisotopic (exact) mass is 252 g/mol. The first-order valence-electron chi connectivity index (χ1n) is 4.91. The van der Waals surface area contributed by atoms with Crippen molar-refractivity contribution in [1.29, 1.82) is 0 Å². The van der Waals surface area contributed by atoms with Crippen LogP contribution in [0.25, 0.3) is 11.4 Å². The van der Waals surface area contributed by atoms with E-state index in [1.807, 2.05) is 32.0 Å². The first-order valence-corrected chi connectivity index (χ1v) is 6.46. The molecule has 0 unspecified atom stereocenters. The largest absolute Gasteiger partial charge is 0.273 e. The van der Waals surface area contributed by atoms with E-state index >= 15 is 0 Å². The number of nitrogens with one attached hydrogen (secondary N) is 1. The highest BCUT2D eigenvalue weighted by molar-refractivity contribution is 7.89. The average Bonchev–Trinajstić information content (AvgIpc) is 2.65. The predicted octanol–water partition coefficient (Wildman–Crippen LogP) is 0.736. The van der Waals surface area contributed by atoms with E-state index in [4.69, 9.17) is 5.14 Å². The van der Waals surface area contributed by atoms with E-state index in [-0.39, 0.29) is 5.16 Å². The number of aromatic amines is 1. The van der Waals surface area contributed by atoms with Crippen LogP contribution in [-0.4, -0.2) is 23.6 Å². The van der Waals surface area contributed by atoms with Crippen molar-refractivity contribution in [2.75, 3.05) is 0 Å². The molecule has 2 aromatic rings. The second kappa shape index (κ2) is 3.94. The number of nitrogens with two attached hydrogens (primary N) is 1. The van der Waals surface area contributed by atoms with Crippen LogP contribution >= 0.6 is 0 Å². The van der Waals surface area contributed by atoms with Gasteiger partial charge in [-0.3, -0.25) is 0 Å². The third kappa shape index (κ3) is 2.20. The van der Waals surface area contributed by atoms with E-state index in [0.717, 1.165) is 16.7 Å². The van der Waals surface area contributed by atoms with Gasteiger partial charge >= 0.3 is 0 Å². The molecule has 0 bridgehead atoms. The first kappa shape index (κ1) is 11.7. The number of nitrogens with zero attached hydrogens (tertiary/aromatic N) is 2. The standard InChI is InChI=1S/C10H12N4O2S/c1-6-4-3-5-7(2)8(6)9-12-10(14-13-9)17(11,15)16/h3-5H,1-2H3,(H2,11,15,16)(H,12,13,14). The molecule has 0 aliphatic rings. The fourth-order valence-electron chi connectivity index (χ4n) is 1.65. The van der Waals surface area contributed by atoms with Crippen molar-refractivity contribution in [1.82, 2.24) is 15.2 Å². The Balaban J connectivity index is 2.59. The topological polar surface area (TPSA) is 102 Å². The summed E-state index contributed by atoms with van der Waals surface area (Å²) in [5, 5.41) is 10.8. The van der Waals surface area contributed by atoms with Gasteiger partial charge in [-0.1, -0.05) is 18.2 Å². The zero-order valence-electron chi connectivity index (χ0n) is 9.43. The van der Waals surface area contributed by atoms with Crippen LogP contribution in [0.2, 0.25) is 0 Å². The highest BCUT2D eigenvalue weighted by Crippen LogP contribution is 2.23. The summed E-state index contributed by atoms with van der Waals surface area (Å²) in [6, 6.07) is 5.74. The number of H-pyrrole nitrogens is 1. The molecule has 0 amide bonds. The molecular formula is C10H12N4O2S. The van der Waals surface area contributed by atoms with Gasteiger partial charge in [-0.15, -0.1) is 0 Å². The van der Waals surface area contributed by atoms with E-state index in [0.29, 0.717) is 5.82 Å². The van der Waals surface area contributed by atoms with Gasteiger partial charge in [-0.2, -0.15) is 10.1 Å². The van der Waals surface area contributed by atoms with E-state index < -0.39 is 10.0 Å². The number of hydrogen-bond donors (Lipinski definition) is 2. The molecular weight excluding hydrogens is 240 g/mol. The highest BCUT2D eigenvalue weighted by Gasteiger charge is 2.16. The molecule has 0 saturated carbocycles. The van der Waals surface area contributed by atoms with Gasteiger partial charge in [0.25, 0.3) is 15.2 Å². The number of hydrogen-bond acceptors (Lipinski definition) is 4. The molecule has 3 N–H and O–H groups in total. The zero-order valence-corrected chi connectivity index (χ0v) is 10.2. The van der Waals surface area contributed by atoms with E-state index in [1.165, 1.54) is 0 Å². The third-order valence-corrected chi connectivity index (χ3v) is 3.16. The molecule has 2 rings (SSSR count). The minimum atomic E-state index is -3.84. The molecule has 1 heterocycles. The van der Waals surface area contributed by atoms with Crippen molar-refractivity contribution < 1.29 is 8.42 Å². The number of rotatable bonds is 2. The maximum atomic E-state index is 11.1. The van der Waals surface area contributed by atoms with Gasteiger partial charge in [0.2, 0.25) is 0 Å². The molecule has 1 aromatic carbocycles. The number of benzene rings is 1. The van der Waals surface area contributed by atoms with Gasteiger partial charge in [0.1, 0.15) is 0 Å². The third-order valence-electron chi connectivity index (χ3n) is 2.44. The Labute approximate surface area is 98.9 Å². The van der Waals surface area contributed by atoms with Gasteiger partial charge < -0.3 is 0 Å². The molecule has 0 fully saturated rings. The minimum Gasteiger partial charge on any atom is -0.248 e. The van der Waals surface area contributed by atoms with Crippen LogP contribution in [0.5, 0.6) is 0 Å². The molecule has 0 spiro atoms. The lowest BCUT2D eigenvalue weighted by molar-refractivity contribution is 0.589. The molecule has 0 aliphatic carbocycles. The summed E-state index contributed by atoms with van der Waals surface area (Å²) in [5.41, 5.74) is 2.77. The van der Waals surface area contributed by atoms with Crippen LogP contribution in [-0.2, 0) is 10.0 Å². The fourth-order valence-corrected chi connectivity index (χ4v) is 2.04. The predicted molar refractivity (Wildman–Crippen MR) is 62.7 cm³/mol. The Kier molecular flexibility index (Phi) is 2.72. The van der Waals surface area contributed by atoms with Gasteiger partial charge in [0.15, 0.2) is 5.82 Å². The zero-order chi connectivity index (χ0) is 12.6. The van der Waals surface area contributed by atoms with E-state index in [9.17, 15) is 8.42 Å². The number of sulfonamides is 1. The molecule has 1 aromatic heterocycles. The van der Waals surface area contributed by atoms with Gasteiger partial charge in [0, 0.05) is 5.56 Å². The summed E-state index contributed by atoms with van der Waals surface area (Å²) in [4.78, 5) is 3.89. The summed E-state index contributed by atoms with van der Waals surface area (Å²) in [7, 11) is -3.84. The summed E-state index contributed by atoms with van der Waals surface area (Å²) in [5.74, 6) is 0.338. The van der Waals surface area contributed by atoms with Crippen LogP contribution in [0.3, 0.4) is 0 Å². The lowest BCUT2D eigenvalue weighted by atomic mass is 10.0. The van der Waals surface area contributed by atoms with Crippen molar-refractivity contribution in [2.45, 2.75) is 19.0 Å². The molecule has 0 saturated heterocycles. The number of aromatic nitrogens is 3. The minimum absolute atomic E-state index is 0.324. The van der Waals surface area contributed by atoms with Crippen molar-refractivity contribution in [3.8, 4) is 11.4 Å². The quantitative estimate of drug-likeness (QED) is 0.822. The Morgan fingerprint density at radius 1 is 1.24 bits per heavy atom. The summed E-state index contributed by atoms with van der Waals surface area (Å²) >= 11 is 0. The van der Waals surface area contributed by atoms with Crippen LogP contribution < -0.4 is 5.14 Å². The second-order valence-electron chi connectivity index (χ2n) is 3.78. The number of aryl methyl sites for hydroxylation is 2. The summed E-state index contributed by atoms with van der Waals surface area (Å²) in [6.07, 6.45) is 0. The second-order valence-corrected chi connectivity index (χ2v) is 5.25. The molecule has 7 heteroatoms. The van der Waals surface area contributed by atoms with Gasteiger partial charge in [-0.25, -0.2) is 18.7 Å². The average molecular weight is 252 g/mol. The smallest absolute Gasteiger partial charge is 0.248 e. The lowest BCUT2D eigenvalue weighted by Crippen LogP contribution is -2.13. The molecule has 0 atom stereocenters. The van der Waals surface area contributed by atoms with E-state index in [2.05, 4.69) is 15.2 Å². The fraction of sp³-hybridized carbons (Fsp3) is 0.200. The van der Waals surface area contributed by atoms with Crippen molar-refractivity contribution in [3.63, 3.8) is 0 Å². The summed E-state index contributed by atoms with van der Waals surface area (Å²) in [6.45, 7) is 3.82. The SMILES string of the molecule is Cc1cccc(C)c1-c1n[nH]c(S(N)(=O)=O)n1. The van der Waals surface area contributed by atoms with Crippen LogP contribution in [0.4, 0.5) is 0 Å². The van der Waals surface area contributed by atoms with Crippen LogP contribution in [0.1, 0.15) is 11.1 Å². The molecule has 0 aliphatic heterocycles. The van der Waals surface area contributed by atoms with E-state index in [1.54, 1.807) is 0 Å². The first-order chi connectivity index (χ1) is 7.89. The lowest BCUT2D eigenvalue weighted by Gasteiger charge is -2.04. The van der Waals surface area contributed by atoms with Crippen LogP contribution in [0.15, 0.2) is 23.4 Å². The summed E-state index contributed by atoms with van der Waals surface area (Å²) < 4.78 is 22.2. The normalized spacial score (nSPS) is 11.7. The Hall–Kier alpha value is -1.73.